The number of rotatable bonds is 4. The molecule has 138 valence electrons. The zero-order chi connectivity index (χ0) is 18.5. The first kappa shape index (κ1) is 18.5. The monoisotopic (exact) mass is 371 g/mol. The van der Waals surface area contributed by atoms with Gasteiger partial charge in [0.2, 0.25) is 5.91 Å². The number of nitrogens with zero attached hydrogens (tertiary/aromatic N) is 4. The highest BCUT2D eigenvalue weighted by atomic mass is 32.1. The highest BCUT2D eigenvalue weighted by Gasteiger charge is 2.29. The summed E-state index contributed by atoms with van der Waals surface area (Å²) >= 11 is 5.63. The summed E-state index contributed by atoms with van der Waals surface area (Å²) in [7, 11) is 0. The van der Waals surface area contributed by atoms with Crippen molar-refractivity contribution in [2.24, 2.45) is 5.92 Å². The molecule has 0 aliphatic carbocycles. The summed E-state index contributed by atoms with van der Waals surface area (Å²) in [6, 6.07) is 5.95. The van der Waals surface area contributed by atoms with Crippen LogP contribution in [0.15, 0.2) is 30.6 Å². The number of carbonyl (C=O) groups is 1. The summed E-state index contributed by atoms with van der Waals surface area (Å²) in [5.74, 6) is 0.254. The Balaban J connectivity index is 1.70. The van der Waals surface area contributed by atoms with E-state index in [1.807, 2.05) is 36.9 Å². The number of thiocarbonyl (C=S) groups is 1. The van der Waals surface area contributed by atoms with E-state index >= 15 is 0 Å². The topological polar surface area (TPSA) is 61.4 Å². The fourth-order valence-electron chi connectivity index (χ4n) is 3.49. The number of piperidine rings is 1. The second-order valence-electron chi connectivity index (χ2n) is 6.52. The van der Waals surface area contributed by atoms with Gasteiger partial charge >= 0.3 is 0 Å². The van der Waals surface area contributed by atoms with Crippen LogP contribution >= 0.6 is 12.2 Å². The van der Waals surface area contributed by atoms with Crippen molar-refractivity contribution in [3.05, 3.63) is 30.6 Å². The van der Waals surface area contributed by atoms with E-state index in [0.29, 0.717) is 11.7 Å². The predicted octanol–water partition coefficient (Wildman–Crippen LogP) is 2.91. The first-order valence-corrected chi connectivity index (χ1v) is 9.59. The molecule has 3 rings (SSSR count). The van der Waals surface area contributed by atoms with Crippen LogP contribution in [-0.4, -0.2) is 57.2 Å². The van der Waals surface area contributed by atoms with E-state index in [-0.39, 0.29) is 11.8 Å². The van der Waals surface area contributed by atoms with Gasteiger partial charge < -0.3 is 15.1 Å². The number of hydrogen-bond donors (Lipinski definition) is 1. The van der Waals surface area contributed by atoms with Gasteiger partial charge in [0, 0.05) is 42.6 Å². The number of carbonyl (C=O) groups excluding carboxylic acids is 1. The van der Waals surface area contributed by atoms with Crippen LogP contribution in [0.1, 0.15) is 26.7 Å². The van der Waals surface area contributed by atoms with Gasteiger partial charge in [-0.25, -0.2) is 0 Å². The van der Waals surface area contributed by atoms with Crippen LogP contribution in [0.5, 0.6) is 0 Å². The van der Waals surface area contributed by atoms with Gasteiger partial charge in [-0.2, -0.15) is 10.2 Å². The van der Waals surface area contributed by atoms with Crippen molar-refractivity contribution in [1.82, 2.24) is 20.0 Å². The Morgan fingerprint density at radius 3 is 2.85 bits per heavy atom. The minimum atomic E-state index is 0.0155. The highest BCUT2D eigenvalue weighted by molar-refractivity contribution is 7.80. The fraction of sp³-hybridized carbons (Fsp3) is 0.474. The normalized spacial score (nSPS) is 17.2. The molecule has 1 fully saturated rings. The maximum absolute atomic E-state index is 12.7. The van der Waals surface area contributed by atoms with Gasteiger partial charge in [-0.15, -0.1) is 0 Å². The van der Waals surface area contributed by atoms with Crippen molar-refractivity contribution in [1.29, 1.82) is 0 Å². The Kier molecular flexibility index (Phi) is 5.98. The Labute approximate surface area is 159 Å². The number of fused-ring (bicyclic) bond motifs is 1. The molecular weight excluding hydrogens is 346 g/mol. The molecule has 7 heteroatoms. The molecule has 1 amide bonds. The molecule has 1 N–H and O–H groups in total. The van der Waals surface area contributed by atoms with E-state index in [1.54, 1.807) is 12.4 Å². The molecule has 0 unspecified atom stereocenters. The first-order valence-electron chi connectivity index (χ1n) is 9.18. The smallest absolute Gasteiger partial charge is 0.227 e. The minimum Gasteiger partial charge on any atom is -0.348 e. The fourth-order valence-corrected chi connectivity index (χ4v) is 3.76. The van der Waals surface area contributed by atoms with E-state index < -0.39 is 0 Å². The zero-order valence-electron chi connectivity index (χ0n) is 15.3. The predicted molar refractivity (Wildman–Crippen MR) is 108 cm³/mol. The number of aromatic nitrogens is 2. The average Bonchev–Trinajstić information content (AvgIpc) is 2.69. The quantitative estimate of drug-likeness (QED) is 0.834. The molecule has 26 heavy (non-hydrogen) atoms. The van der Waals surface area contributed by atoms with E-state index in [0.717, 1.165) is 48.9 Å². The van der Waals surface area contributed by atoms with Gasteiger partial charge in [0.1, 0.15) is 0 Å². The Morgan fingerprint density at radius 1 is 1.31 bits per heavy atom. The molecule has 0 spiro atoms. The number of benzene rings is 1. The molecular formula is C19H25N5OS. The summed E-state index contributed by atoms with van der Waals surface area (Å²) in [5, 5.41) is 13.9. The number of hydrogen-bond acceptors (Lipinski definition) is 4. The second kappa shape index (κ2) is 8.40. The summed E-state index contributed by atoms with van der Waals surface area (Å²) in [6.07, 6.45) is 5.38. The molecule has 0 saturated carbocycles. The van der Waals surface area contributed by atoms with Crippen molar-refractivity contribution in [2.75, 3.05) is 31.5 Å². The SMILES string of the molecule is CCN(CC)C(=O)[C@H]1CCCN(C(=S)Nc2cccc3cnncc23)C1. The standard InChI is InChI=1S/C19H25N5OS/c1-3-23(4-2)18(25)15-8-6-10-24(13-15)19(26)22-17-9-5-7-14-11-20-21-12-16(14)17/h5,7,9,11-12,15H,3-4,6,8,10,13H2,1-2H3,(H,22,26)/t15-/m0/s1. The third-order valence-electron chi connectivity index (χ3n) is 4.96. The molecule has 2 aromatic rings. The van der Waals surface area contributed by atoms with E-state index in [9.17, 15) is 4.79 Å². The summed E-state index contributed by atoms with van der Waals surface area (Å²) in [5.41, 5.74) is 0.916. The van der Waals surface area contributed by atoms with Crippen molar-refractivity contribution in [3.8, 4) is 0 Å². The third kappa shape index (κ3) is 3.93. The van der Waals surface area contributed by atoms with Crippen molar-refractivity contribution in [3.63, 3.8) is 0 Å². The molecule has 1 aliphatic heterocycles. The first-order chi connectivity index (χ1) is 12.6. The van der Waals surface area contributed by atoms with Gasteiger partial charge in [0.05, 0.1) is 18.3 Å². The lowest BCUT2D eigenvalue weighted by Crippen LogP contribution is -2.47. The summed E-state index contributed by atoms with van der Waals surface area (Å²) in [4.78, 5) is 16.7. The Hall–Kier alpha value is -2.28. The molecule has 6 nitrogen and oxygen atoms in total. The van der Waals surface area contributed by atoms with Crippen LogP contribution < -0.4 is 5.32 Å². The second-order valence-corrected chi connectivity index (χ2v) is 6.91. The Morgan fingerprint density at radius 2 is 2.08 bits per heavy atom. The van der Waals surface area contributed by atoms with Gasteiger partial charge in [0.25, 0.3) is 0 Å². The van der Waals surface area contributed by atoms with Crippen LogP contribution in [0.2, 0.25) is 0 Å². The van der Waals surface area contributed by atoms with E-state index in [4.69, 9.17) is 12.2 Å². The van der Waals surface area contributed by atoms with Crippen molar-refractivity contribution < 1.29 is 4.79 Å². The molecule has 1 atom stereocenters. The van der Waals surface area contributed by atoms with Crippen LogP contribution in [0.4, 0.5) is 5.69 Å². The molecule has 1 aromatic carbocycles. The largest absolute Gasteiger partial charge is 0.348 e. The molecule has 2 heterocycles. The van der Waals surface area contributed by atoms with Gasteiger partial charge in [-0.3, -0.25) is 4.79 Å². The van der Waals surface area contributed by atoms with E-state index in [1.165, 1.54) is 0 Å². The van der Waals surface area contributed by atoms with Crippen LogP contribution in [0.25, 0.3) is 10.8 Å². The number of likely N-dealkylation sites (tertiary alicyclic amines) is 1. The average molecular weight is 372 g/mol. The maximum atomic E-state index is 12.7. The van der Waals surface area contributed by atoms with Gasteiger partial charge in [0.15, 0.2) is 5.11 Å². The summed E-state index contributed by atoms with van der Waals surface area (Å²) in [6.45, 7) is 7.11. The number of anilines is 1. The molecule has 0 radical (unpaired) electrons. The minimum absolute atomic E-state index is 0.0155. The molecule has 1 aromatic heterocycles. The lowest BCUT2D eigenvalue weighted by molar-refractivity contribution is -0.136. The summed E-state index contributed by atoms with van der Waals surface area (Å²) < 4.78 is 0. The van der Waals surface area contributed by atoms with Gasteiger partial charge in [-0.05, 0) is 45.0 Å². The Bertz CT molecular complexity index is 787. The maximum Gasteiger partial charge on any atom is 0.227 e. The van der Waals surface area contributed by atoms with E-state index in [2.05, 4.69) is 20.4 Å². The lowest BCUT2D eigenvalue weighted by atomic mass is 9.96. The van der Waals surface area contributed by atoms with Crippen LogP contribution in [-0.2, 0) is 4.79 Å². The number of nitrogens with one attached hydrogen (secondary N) is 1. The van der Waals surface area contributed by atoms with Crippen molar-refractivity contribution >= 4 is 39.7 Å². The number of amides is 1. The highest BCUT2D eigenvalue weighted by Crippen LogP contribution is 2.24. The molecule has 0 bridgehead atoms. The molecule has 1 aliphatic rings. The van der Waals surface area contributed by atoms with Crippen LogP contribution in [0.3, 0.4) is 0 Å². The zero-order valence-corrected chi connectivity index (χ0v) is 16.1. The van der Waals surface area contributed by atoms with Crippen molar-refractivity contribution in [2.45, 2.75) is 26.7 Å². The van der Waals surface area contributed by atoms with Crippen LogP contribution in [0, 0.1) is 5.92 Å². The third-order valence-corrected chi connectivity index (χ3v) is 5.32. The van der Waals surface area contributed by atoms with Gasteiger partial charge in [-0.1, -0.05) is 12.1 Å². The lowest BCUT2D eigenvalue weighted by Gasteiger charge is -2.36. The molecule has 1 saturated heterocycles.